The molecule has 1 N–H and O–H groups in total. The molecule has 4 heteroatoms. The first-order chi connectivity index (χ1) is 8.70. The van der Waals surface area contributed by atoms with E-state index in [4.69, 9.17) is 16.2 Å². The fourth-order valence-electron chi connectivity index (χ4n) is 1.74. The van der Waals surface area contributed by atoms with E-state index in [1.54, 1.807) is 12.1 Å². The minimum Gasteiger partial charge on any atom is -0.302 e. The maximum Gasteiger partial charge on any atom is 0.186 e. The fourth-order valence-corrected chi connectivity index (χ4v) is 2.32. The molecule has 2 aromatic rings. The summed E-state index contributed by atoms with van der Waals surface area (Å²) in [5.74, 6) is 0.621. The molecule has 0 heterocycles. The number of halogens is 1. The van der Waals surface area contributed by atoms with Crippen LogP contribution in [0.5, 0.6) is 0 Å². The summed E-state index contributed by atoms with van der Waals surface area (Å²) in [7, 11) is 0. The summed E-state index contributed by atoms with van der Waals surface area (Å²) in [6.07, 6.45) is 0.865. The van der Waals surface area contributed by atoms with Crippen molar-refractivity contribution in [2.45, 2.75) is 11.3 Å². The summed E-state index contributed by atoms with van der Waals surface area (Å²) in [4.78, 5) is 0.414. The topological polar surface area (TPSA) is 37.3 Å². The number of hydrogen-bond acceptors (Lipinski definition) is 1. The Labute approximate surface area is 114 Å². The zero-order valence-electron chi connectivity index (χ0n) is 9.67. The van der Waals surface area contributed by atoms with Crippen LogP contribution in [0.25, 0.3) is 11.1 Å². The normalized spacial score (nSPS) is 12.3. The molecule has 0 spiro atoms. The van der Waals surface area contributed by atoms with Crippen molar-refractivity contribution in [2.75, 3.05) is 5.88 Å². The van der Waals surface area contributed by atoms with Crippen LogP contribution in [-0.2, 0) is 17.5 Å². The summed E-state index contributed by atoms with van der Waals surface area (Å²) in [5.41, 5.74) is 3.33. The standard InChI is InChI=1S/C14H13ClO2S/c15-10-9-11-1-3-12(4-2-11)13-5-7-14(8-6-13)18(16)17/h1-8H,9-10H2,(H,16,17). The lowest BCUT2D eigenvalue weighted by molar-refractivity contribution is 0.564. The first-order valence-corrected chi connectivity index (χ1v) is 7.21. The van der Waals surface area contributed by atoms with E-state index in [0.717, 1.165) is 17.5 Å². The smallest absolute Gasteiger partial charge is 0.186 e. The van der Waals surface area contributed by atoms with E-state index >= 15 is 0 Å². The molecule has 0 fully saturated rings. The van der Waals surface area contributed by atoms with Gasteiger partial charge in [0.05, 0.1) is 4.90 Å². The van der Waals surface area contributed by atoms with Crippen LogP contribution in [0.1, 0.15) is 5.56 Å². The third-order valence-corrected chi connectivity index (χ3v) is 3.59. The Morgan fingerprint density at radius 3 is 1.89 bits per heavy atom. The molecule has 0 aliphatic rings. The van der Waals surface area contributed by atoms with E-state index in [1.165, 1.54) is 5.56 Å². The number of rotatable bonds is 4. The van der Waals surface area contributed by atoms with Crippen LogP contribution in [0.3, 0.4) is 0 Å². The molecule has 0 amide bonds. The average molecular weight is 281 g/mol. The monoisotopic (exact) mass is 280 g/mol. The van der Waals surface area contributed by atoms with Crippen molar-refractivity contribution < 1.29 is 8.76 Å². The molecule has 2 rings (SSSR count). The van der Waals surface area contributed by atoms with Crippen molar-refractivity contribution in [3.05, 3.63) is 54.1 Å². The molecule has 0 saturated carbocycles. The van der Waals surface area contributed by atoms with Crippen LogP contribution in [0, 0.1) is 0 Å². The molecule has 2 nitrogen and oxygen atoms in total. The van der Waals surface area contributed by atoms with E-state index in [-0.39, 0.29) is 0 Å². The Hall–Kier alpha value is -1.16. The maximum absolute atomic E-state index is 10.9. The Morgan fingerprint density at radius 1 is 0.944 bits per heavy atom. The van der Waals surface area contributed by atoms with Crippen LogP contribution in [0.4, 0.5) is 0 Å². The van der Waals surface area contributed by atoms with Crippen molar-refractivity contribution in [1.29, 1.82) is 0 Å². The molecule has 0 bridgehead atoms. The number of alkyl halides is 1. The Kier molecular flexibility index (Phi) is 4.53. The SMILES string of the molecule is O=S(O)c1ccc(-c2ccc(CCCl)cc2)cc1. The fraction of sp³-hybridized carbons (Fsp3) is 0.143. The largest absolute Gasteiger partial charge is 0.302 e. The van der Waals surface area contributed by atoms with Gasteiger partial charge < -0.3 is 4.55 Å². The second-order valence-corrected chi connectivity index (χ2v) is 5.26. The molecular weight excluding hydrogens is 268 g/mol. The van der Waals surface area contributed by atoms with Gasteiger partial charge >= 0.3 is 0 Å². The molecule has 94 valence electrons. The van der Waals surface area contributed by atoms with Gasteiger partial charge in [-0.3, -0.25) is 0 Å². The summed E-state index contributed by atoms with van der Waals surface area (Å²) in [6.45, 7) is 0. The van der Waals surface area contributed by atoms with Crippen molar-refractivity contribution in [1.82, 2.24) is 0 Å². The molecule has 2 aromatic carbocycles. The minimum atomic E-state index is -1.91. The van der Waals surface area contributed by atoms with Crippen molar-refractivity contribution in [3.8, 4) is 11.1 Å². The van der Waals surface area contributed by atoms with E-state index in [0.29, 0.717) is 10.8 Å². The quantitative estimate of drug-likeness (QED) is 0.685. The van der Waals surface area contributed by atoms with Crippen molar-refractivity contribution in [3.63, 3.8) is 0 Å². The van der Waals surface area contributed by atoms with Crippen molar-refractivity contribution in [2.24, 2.45) is 0 Å². The van der Waals surface area contributed by atoms with Crippen molar-refractivity contribution >= 4 is 22.7 Å². The molecule has 0 radical (unpaired) electrons. The Balaban J connectivity index is 2.23. The van der Waals surface area contributed by atoms with Gasteiger partial charge in [0.25, 0.3) is 0 Å². The van der Waals surface area contributed by atoms with Gasteiger partial charge in [0.2, 0.25) is 0 Å². The van der Waals surface area contributed by atoms with Gasteiger partial charge in [-0.05, 0) is 35.2 Å². The predicted octanol–water partition coefficient (Wildman–Crippen LogP) is 3.72. The summed E-state index contributed by atoms with van der Waals surface area (Å²) in [5, 5.41) is 0. The van der Waals surface area contributed by atoms with Crippen LogP contribution in [-0.4, -0.2) is 14.6 Å². The summed E-state index contributed by atoms with van der Waals surface area (Å²) >= 11 is 3.77. The lowest BCUT2D eigenvalue weighted by atomic mass is 10.0. The zero-order chi connectivity index (χ0) is 13.0. The number of aryl methyl sites for hydroxylation is 1. The highest BCUT2D eigenvalue weighted by atomic mass is 35.5. The predicted molar refractivity (Wildman–Crippen MR) is 75.3 cm³/mol. The first-order valence-electron chi connectivity index (χ1n) is 5.57. The van der Waals surface area contributed by atoms with Crippen LogP contribution < -0.4 is 0 Å². The molecule has 1 unspecified atom stereocenters. The van der Waals surface area contributed by atoms with E-state index in [1.807, 2.05) is 24.3 Å². The van der Waals surface area contributed by atoms with Crippen LogP contribution in [0.2, 0.25) is 0 Å². The second-order valence-electron chi connectivity index (χ2n) is 3.91. The number of benzene rings is 2. The van der Waals surface area contributed by atoms with Gasteiger partial charge in [0.1, 0.15) is 0 Å². The molecule has 18 heavy (non-hydrogen) atoms. The first kappa shape index (κ1) is 13.3. The van der Waals surface area contributed by atoms with Gasteiger partial charge in [-0.2, -0.15) is 0 Å². The van der Waals surface area contributed by atoms with Crippen LogP contribution in [0.15, 0.2) is 53.4 Å². The Bertz CT molecular complexity index is 535. The minimum absolute atomic E-state index is 0.414. The van der Waals surface area contributed by atoms with E-state index in [9.17, 15) is 4.21 Å². The number of hydrogen-bond donors (Lipinski definition) is 1. The lowest BCUT2D eigenvalue weighted by Gasteiger charge is -2.04. The third kappa shape index (κ3) is 3.19. The second kappa shape index (κ2) is 6.14. The highest BCUT2D eigenvalue weighted by Gasteiger charge is 2.01. The molecule has 0 saturated heterocycles. The molecular formula is C14H13ClO2S. The lowest BCUT2D eigenvalue weighted by Crippen LogP contribution is -1.88. The third-order valence-electron chi connectivity index (χ3n) is 2.73. The molecule has 0 aromatic heterocycles. The highest BCUT2D eigenvalue weighted by Crippen LogP contribution is 2.21. The van der Waals surface area contributed by atoms with Gasteiger partial charge in [0.15, 0.2) is 11.1 Å². The maximum atomic E-state index is 10.9. The van der Waals surface area contributed by atoms with Gasteiger partial charge in [-0.1, -0.05) is 36.4 Å². The van der Waals surface area contributed by atoms with E-state index in [2.05, 4.69) is 12.1 Å². The van der Waals surface area contributed by atoms with Gasteiger partial charge in [-0.15, -0.1) is 11.6 Å². The molecule has 0 aliphatic carbocycles. The summed E-state index contributed by atoms with van der Waals surface area (Å²) in [6, 6.07) is 15.2. The average Bonchev–Trinajstić information content (AvgIpc) is 2.40. The van der Waals surface area contributed by atoms with Crippen LogP contribution >= 0.6 is 11.6 Å². The molecule has 0 aliphatic heterocycles. The highest BCUT2D eigenvalue weighted by molar-refractivity contribution is 7.79. The zero-order valence-corrected chi connectivity index (χ0v) is 11.2. The van der Waals surface area contributed by atoms with Gasteiger partial charge in [-0.25, -0.2) is 4.21 Å². The molecule has 1 atom stereocenters. The summed E-state index contributed by atoms with van der Waals surface area (Å²) < 4.78 is 19.8. The van der Waals surface area contributed by atoms with Gasteiger partial charge in [0, 0.05) is 5.88 Å². The van der Waals surface area contributed by atoms with E-state index < -0.39 is 11.1 Å². The Morgan fingerprint density at radius 2 is 1.44 bits per heavy atom.